The van der Waals surface area contributed by atoms with Crippen LogP contribution in [-0.4, -0.2) is 79.3 Å². The summed E-state index contributed by atoms with van der Waals surface area (Å²) >= 11 is 0. The van der Waals surface area contributed by atoms with E-state index in [4.69, 9.17) is 29.2 Å². The summed E-state index contributed by atoms with van der Waals surface area (Å²) in [5.41, 5.74) is 10.9. The molecule has 2 amide bonds. The van der Waals surface area contributed by atoms with Gasteiger partial charge < -0.3 is 28.8 Å². The van der Waals surface area contributed by atoms with Gasteiger partial charge in [-0.25, -0.2) is 0 Å². The van der Waals surface area contributed by atoms with E-state index in [0.717, 1.165) is 16.0 Å². The van der Waals surface area contributed by atoms with Crippen molar-refractivity contribution >= 4 is 11.8 Å². The highest BCUT2D eigenvalue weighted by molar-refractivity contribution is 6.21. The minimum absolute atomic E-state index is 0.0136. The van der Waals surface area contributed by atoms with Crippen LogP contribution in [0.4, 0.5) is 0 Å². The first-order chi connectivity index (χ1) is 21.0. The Morgan fingerprint density at radius 1 is 0.907 bits per heavy atom. The number of amides is 2. The van der Waals surface area contributed by atoms with E-state index >= 15 is 0 Å². The van der Waals surface area contributed by atoms with Crippen molar-refractivity contribution in [2.24, 2.45) is 5.11 Å². The molecule has 43 heavy (non-hydrogen) atoms. The molecule has 2 aliphatic heterocycles. The molecule has 1 saturated heterocycles. The molecule has 0 aliphatic carbocycles. The summed E-state index contributed by atoms with van der Waals surface area (Å²) in [6, 6.07) is 22.0. The van der Waals surface area contributed by atoms with Crippen LogP contribution in [0.3, 0.4) is 0 Å². The lowest BCUT2D eigenvalue weighted by molar-refractivity contribution is -0.289. The first-order valence-corrected chi connectivity index (χ1v) is 13.8. The van der Waals surface area contributed by atoms with Crippen molar-refractivity contribution in [3.05, 3.63) is 112 Å². The van der Waals surface area contributed by atoms with Gasteiger partial charge in [0.05, 0.1) is 44.7 Å². The number of aliphatic hydroxyl groups is 1. The average molecular weight is 589 g/mol. The van der Waals surface area contributed by atoms with Gasteiger partial charge in [-0.3, -0.25) is 14.5 Å². The number of benzene rings is 3. The first kappa shape index (κ1) is 30.2. The standard InChI is InChI=1S/C31H32N4O8/c1-39-22-13-11-21(12-14-22)18-42-28-26(35-29(37)23-9-5-6-10-24(23)30(35)38)31(41-16-15-33-34-32)43-25(27(28)36)19-40-17-20-7-3-2-4-8-20/h2-14,25-28,31,36H,15-19H2,1H3/t25-,26-,27-,28-,31-/m1/s1. The van der Waals surface area contributed by atoms with Gasteiger partial charge in [-0.05, 0) is 40.9 Å². The molecule has 0 bridgehead atoms. The van der Waals surface area contributed by atoms with Gasteiger partial charge in [-0.1, -0.05) is 59.7 Å². The molecular formula is C31H32N4O8. The van der Waals surface area contributed by atoms with Crippen molar-refractivity contribution < 1.29 is 38.4 Å². The van der Waals surface area contributed by atoms with E-state index in [0.29, 0.717) is 5.75 Å². The van der Waals surface area contributed by atoms with Crippen LogP contribution in [0.25, 0.3) is 10.4 Å². The normalized spacial score (nSPS) is 23.1. The number of rotatable bonds is 13. The first-order valence-electron chi connectivity index (χ1n) is 13.8. The highest BCUT2D eigenvalue weighted by Gasteiger charge is 2.54. The number of nitrogens with zero attached hydrogens (tertiary/aromatic N) is 4. The third kappa shape index (κ3) is 6.86. The molecule has 12 heteroatoms. The molecule has 0 aromatic heterocycles. The molecule has 0 spiro atoms. The Hall–Kier alpha value is -4.29. The van der Waals surface area contributed by atoms with E-state index in [1.165, 1.54) is 0 Å². The second-order valence-electron chi connectivity index (χ2n) is 10.00. The molecule has 3 aromatic rings. The lowest BCUT2D eigenvalue weighted by Gasteiger charge is -2.46. The molecule has 5 rings (SSSR count). The zero-order valence-electron chi connectivity index (χ0n) is 23.5. The van der Waals surface area contributed by atoms with Gasteiger partial charge in [-0.2, -0.15) is 0 Å². The number of hydrogen-bond acceptors (Lipinski definition) is 9. The number of azide groups is 1. The molecule has 2 aliphatic rings. The van der Waals surface area contributed by atoms with Gasteiger partial charge >= 0.3 is 0 Å². The fourth-order valence-corrected chi connectivity index (χ4v) is 5.16. The average Bonchev–Trinajstić information content (AvgIpc) is 3.29. The van der Waals surface area contributed by atoms with Crippen LogP contribution < -0.4 is 4.74 Å². The quantitative estimate of drug-likeness (QED) is 0.104. The Morgan fingerprint density at radius 2 is 1.56 bits per heavy atom. The van der Waals surface area contributed by atoms with Crippen LogP contribution in [0.1, 0.15) is 31.8 Å². The maximum atomic E-state index is 13.6. The number of carbonyl (C=O) groups is 2. The lowest BCUT2D eigenvalue weighted by Crippen LogP contribution is -2.66. The van der Waals surface area contributed by atoms with E-state index < -0.39 is 42.5 Å². The van der Waals surface area contributed by atoms with Crippen molar-refractivity contribution in [2.75, 3.05) is 26.9 Å². The molecule has 3 aromatic carbocycles. The highest BCUT2D eigenvalue weighted by atomic mass is 16.7. The van der Waals surface area contributed by atoms with Gasteiger partial charge in [0.15, 0.2) is 6.29 Å². The van der Waals surface area contributed by atoms with Crippen molar-refractivity contribution in [1.82, 2.24) is 4.90 Å². The van der Waals surface area contributed by atoms with Crippen LogP contribution in [0.15, 0.2) is 84.0 Å². The highest BCUT2D eigenvalue weighted by Crippen LogP contribution is 2.34. The number of imide groups is 1. The minimum atomic E-state index is -1.31. The second kappa shape index (κ2) is 14.3. The van der Waals surface area contributed by atoms with Crippen LogP contribution in [0, 0.1) is 0 Å². The number of hydrogen-bond donors (Lipinski definition) is 1. The van der Waals surface area contributed by atoms with E-state index in [1.807, 2.05) is 42.5 Å². The summed E-state index contributed by atoms with van der Waals surface area (Å²) in [6.07, 6.45) is -4.57. The van der Waals surface area contributed by atoms with Gasteiger partial charge in [0.2, 0.25) is 0 Å². The van der Waals surface area contributed by atoms with Gasteiger partial charge in [0, 0.05) is 11.5 Å². The fraction of sp³-hybridized carbons (Fsp3) is 0.355. The van der Waals surface area contributed by atoms with E-state index in [1.54, 1.807) is 43.5 Å². The number of ether oxygens (including phenoxy) is 5. The summed E-state index contributed by atoms with van der Waals surface area (Å²) in [5.74, 6) is -0.438. The summed E-state index contributed by atoms with van der Waals surface area (Å²) in [4.78, 5) is 31.0. The summed E-state index contributed by atoms with van der Waals surface area (Å²) in [5, 5.41) is 15.1. The van der Waals surface area contributed by atoms with E-state index in [2.05, 4.69) is 10.0 Å². The monoisotopic (exact) mass is 588 g/mol. The summed E-state index contributed by atoms with van der Waals surface area (Å²) in [7, 11) is 1.57. The molecule has 0 unspecified atom stereocenters. The van der Waals surface area contributed by atoms with Gasteiger partial charge in [0.1, 0.15) is 30.1 Å². The maximum absolute atomic E-state index is 13.6. The Labute approximate surface area is 248 Å². The lowest BCUT2D eigenvalue weighted by atomic mass is 9.95. The smallest absolute Gasteiger partial charge is 0.262 e. The Balaban J connectivity index is 1.43. The number of methoxy groups -OCH3 is 1. The second-order valence-corrected chi connectivity index (χ2v) is 10.00. The van der Waals surface area contributed by atoms with E-state index in [9.17, 15) is 14.7 Å². The van der Waals surface area contributed by atoms with Crippen molar-refractivity contribution in [3.8, 4) is 5.75 Å². The van der Waals surface area contributed by atoms with Crippen LogP contribution in [0.5, 0.6) is 5.75 Å². The Morgan fingerprint density at radius 3 is 2.21 bits per heavy atom. The van der Waals surface area contributed by atoms with Crippen LogP contribution >= 0.6 is 0 Å². The predicted molar refractivity (Wildman–Crippen MR) is 153 cm³/mol. The van der Waals surface area contributed by atoms with Crippen molar-refractivity contribution in [3.63, 3.8) is 0 Å². The van der Waals surface area contributed by atoms with Crippen LogP contribution in [-0.2, 0) is 32.2 Å². The minimum Gasteiger partial charge on any atom is -0.497 e. The van der Waals surface area contributed by atoms with Crippen LogP contribution in [0.2, 0.25) is 0 Å². The number of carbonyl (C=O) groups excluding carboxylic acids is 2. The molecule has 12 nitrogen and oxygen atoms in total. The van der Waals surface area contributed by atoms with Gasteiger partial charge in [-0.15, -0.1) is 0 Å². The van der Waals surface area contributed by atoms with E-state index in [-0.39, 0.29) is 44.1 Å². The summed E-state index contributed by atoms with van der Waals surface area (Å²) < 4.78 is 29.6. The largest absolute Gasteiger partial charge is 0.497 e. The van der Waals surface area contributed by atoms with Gasteiger partial charge in [0.25, 0.3) is 11.8 Å². The molecule has 1 N–H and O–H groups in total. The zero-order chi connectivity index (χ0) is 30.2. The molecule has 224 valence electrons. The predicted octanol–water partition coefficient (Wildman–Crippen LogP) is 3.87. The third-order valence-electron chi connectivity index (χ3n) is 7.30. The maximum Gasteiger partial charge on any atom is 0.262 e. The molecule has 0 radical (unpaired) electrons. The third-order valence-corrected chi connectivity index (χ3v) is 7.30. The Bertz CT molecular complexity index is 1410. The molecule has 2 heterocycles. The van der Waals surface area contributed by atoms with Crippen molar-refractivity contribution in [2.45, 2.75) is 43.9 Å². The molecular weight excluding hydrogens is 556 g/mol. The zero-order valence-corrected chi connectivity index (χ0v) is 23.5. The molecule has 5 atom stereocenters. The SMILES string of the molecule is COc1ccc(CO[C@H]2[C@H](O)[C@@H](COCc3ccccc3)O[C@@H](OCCN=[N+]=[N-])[C@@H]2N2C(=O)c3ccccc3C2=O)cc1. The number of aliphatic hydroxyl groups excluding tert-OH is 1. The molecule has 0 saturated carbocycles. The topological polar surface area (TPSA) is 153 Å². The van der Waals surface area contributed by atoms with Crippen molar-refractivity contribution in [1.29, 1.82) is 0 Å². The molecule has 1 fully saturated rings. The fourth-order valence-electron chi connectivity index (χ4n) is 5.16. The Kier molecular flexibility index (Phi) is 10.0. The summed E-state index contributed by atoms with van der Waals surface area (Å²) in [6.45, 7) is 0.223. The number of fused-ring (bicyclic) bond motifs is 1.